The van der Waals surface area contributed by atoms with E-state index in [0.29, 0.717) is 19.3 Å². The number of hydrogen-bond donors (Lipinski definition) is 0. The number of unbranched alkanes of at least 4 members (excludes halogenated alkanes) is 27. The van der Waals surface area contributed by atoms with Gasteiger partial charge in [-0.2, -0.15) is 0 Å². The number of hydrogen-bond acceptors (Lipinski definition) is 6. The van der Waals surface area contributed by atoms with E-state index >= 15 is 0 Å². The summed E-state index contributed by atoms with van der Waals surface area (Å²) in [5, 5.41) is 0. The third kappa shape index (κ3) is 51.4. The summed E-state index contributed by atoms with van der Waals surface area (Å²) in [6.07, 6.45) is 68.6. The van der Waals surface area contributed by atoms with Crippen molar-refractivity contribution >= 4 is 17.9 Å². The standard InChI is InChI=1S/C59H100O6/c1-4-7-10-13-16-19-22-25-28-29-30-32-34-37-40-43-46-49-52-58(61)64-55-56(54-63-57(60)51-48-45-42-39-36-33-27-24-21-18-15-12-9-6-3)65-59(62)53-50-47-44-41-38-35-31-26-23-20-17-14-11-8-5-2/h8-9,11-12,14,17-18,20-21,23,26,31,35,38,56H,4-7,10,13,15-16,19,22,24-25,27-30,32-34,36-37,39-55H2,1-3H3/b11-8-,12-9-,17-14-,21-18-,23-20-,31-26-,38-35-. The van der Waals surface area contributed by atoms with Crippen LogP contribution >= 0.6 is 0 Å². The molecule has 0 radical (unpaired) electrons. The number of rotatable bonds is 48. The average Bonchev–Trinajstić information content (AvgIpc) is 3.30. The van der Waals surface area contributed by atoms with E-state index in [1.54, 1.807) is 0 Å². The van der Waals surface area contributed by atoms with Gasteiger partial charge in [-0.1, -0.05) is 254 Å². The van der Waals surface area contributed by atoms with E-state index in [1.165, 1.54) is 122 Å². The maximum absolute atomic E-state index is 12.8. The first-order valence-corrected chi connectivity index (χ1v) is 27.2. The monoisotopic (exact) mass is 905 g/mol. The van der Waals surface area contributed by atoms with Gasteiger partial charge in [-0.3, -0.25) is 14.4 Å². The Kier molecular flexibility index (Phi) is 50.4. The van der Waals surface area contributed by atoms with Crippen LogP contribution in [0.5, 0.6) is 0 Å². The summed E-state index contributed by atoms with van der Waals surface area (Å²) in [4.78, 5) is 38.1. The van der Waals surface area contributed by atoms with Crippen LogP contribution in [0.3, 0.4) is 0 Å². The van der Waals surface area contributed by atoms with E-state index < -0.39 is 6.10 Å². The largest absolute Gasteiger partial charge is 0.462 e. The summed E-state index contributed by atoms with van der Waals surface area (Å²) in [5.74, 6) is -0.941. The molecule has 0 aromatic carbocycles. The molecular formula is C59H100O6. The highest BCUT2D eigenvalue weighted by atomic mass is 16.6. The van der Waals surface area contributed by atoms with Crippen LogP contribution in [0.2, 0.25) is 0 Å². The number of esters is 3. The normalized spacial score (nSPS) is 12.7. The van der Waals surface area contributed by atoms with E-state index in [9.17, 15) is 14.4 Å². The molecule has 0 spiro atoms. The molecule has 0 N–H and O–H groups in total. The molecule has 0 aliphatic rings. The lowest BCUT2D eigenvalue weighted by Gasteiger charge is -2.18. The minimum absolute atomic E-state index is 0.0949. The van der Waals surface area contributed by atoms with Crippen LogP contribution in [0.15, 0.2) is 85.1 Å². The SMILES string of the molecule is CC\C=C/C=C\C=C/C=C\C=C/CCCCCC(=O)OC(COC(=O)CCCCCCCCC/C=C\C/C=C\CC)COC(=O)CCCCCCCCCCCCCCCCCCCC. The summed E-state index contributed by atoms with van der Waals surface area (Å²) >= 11 is 0. The van der Waals surface area contributed by atoms with Gasteiger partial charge in [0, 0.05) is 19.3 Å². The highest BCUT2D eigenvalue weighted by molar-refractivity contribution is 5.71. The van der Waals surface area contributed by atoms with Crippen molar-refractivity contribution in [1.29, 1.82) is 0 Å². The minimum atomic E-state index is -0.801. The molecule has 1 atom stereocenters. The molecule has 372 valence electrons. The quantitative estimate of drug-likeness (QED) is 0.0199. The Morgan fingerprint density at radius 3 is 1.12 bits per heavy atom. The highest BCUT2D eigenvalue weighted by Crippen LogP contribution is 2.16. The van der Waals surface area contributed by atoms with Gasteiger partial charge in [0.25, 0.3) is 0 Å². The Morgan fingerprint density at radius 1 is 0.338 bits per heavy atom. The van der Waals surface area contributed by atoms with Crippen LogP contribution in [0, 0.1) is 0 Å². The summed E-state index contributed by atoms with van der Waals surface area (Å²) < 4.78 is 16.8. The third-order valence-electron chi connectivity index (χ3n) is 11.5. The van der Waals surface area contributed by atoms with Crippen molar-refractivity contribution in [2.75, 3.05) is 13.2 Å². The average molecular weight is 905 g/mol. The maximum atomic E-state index is 12.8. The third-order valence-corrected chi connectivity index (χ3v) is 11.5. The molecule has 6 nitrogen and oxygen atoms in total. The molecular weight excluding hydrogens is 805 g/mol. The lowest BCUT2D eigenvalue weighted by Crippen LogP contribution is -2.30. The molecule has 0 heterocycles. The molecule has 0 aliphatic carbocycles. The summed E-state index contributed by atoms with van der Waals surface area (Å²) in [5.41, 5.74) is 0. The summed E-state index contributed by atoms with van der Waals surface area (Å²) in [6, 6.07) is 0. The van der Waals surface area contributed by atoms with Gasteiger partial charge in [0.1, 0.15) is 13.2 Å². The van der Waals surface area contributed by atoms with Crippen LogP contribution in [0.1, 0.15) is 252 Å². The van der Waals surface area contributed by atoms with Crippen LogP contribution in [0.4, 0.5) is 0 Å². The molecule has 0 saturated carbocycles. The van der Waals surface area contributed by atoms with Crippen molar-refractivity contribution in [1.82, 2.24) is 0 Å². The molecule has 1 unspecified atom stereocenters. The molecule has 0 aromatic heterocycles. The lowest BCUT2D eigenvalue weighted by molar-refractivity contribution is -0.167. The van der Waals surface area contributed by atoms with Gasteiger partial charge < -0.3 is 14.2 Å². The van der Waals surface area contributed by atoms with Crippen LogP contribution in [-0.4, -0.2) is 37.2 Å². The van der Waals surface area contributed by atoms with E-state index in [1.807, 2.05) is 48.6 Å². The first kappa shape index (κ1) is 61.6. The van der Waals surface area contributed by atoms with E-state index in [4.69, 9.17) is 14.2 Å². The fourth-order valence-electron chi connectivity index (χ4n) is 7.50. The molecule has 0 fully saturated rings. The van der Waals surface area contributed by atoms with E-state index in [2.05, 4.69) is 57.2 Å². The van der Waals surface area contributed by atoms with Crippen molar-refractivity contribution in [2.45, 2.75) is 258 Å². The highest BCUT2D eigenvalue weighted by Gasteiger charge is 2.19. The molecule has 0 aromatic rings. The lowest BCUT2D eigenvalue weighted by atomic mass is 10.0. The van der Waals surface area contributed by atoms with Gasteiger partial charge in [-0.05, 0) is 64.2 Å². The molecule has 0 saturated heterocycles. The first-order chi connectivity index (χ1) is 32.0. The Balaban J connectivity index is 4.42. The Hall–Kier alpha value is -3.41. The topological polar surface area (TPSA) is 78.9 Å². The zero-order chi connectivity index (χ0) is 47.2. The smallest absolute Gasteiger partial charge is 0.306 e. The predicted molar refractivity (Wildman–Crippen MR) is 279 cm³/mol. The van der Waals surface area contributed by atoms with Gasteiger partial charge in [0.05, 0.1) is 0 Å². The second-order valence-corrected chi connectivity index (χ2v) is 17.9. The van der Waals surface area contributed by atoms with Crippen LogP contribution < -0.4 is 0 Å². The summed E-state index contributed by atoms with van der Waals surface area (Å²) in [6.45, 7) is 6.36. The molecule has 0 rings (SSSR count). The maximum Gasteiger partial charge on any atom is 0.306 e. The second-order valence-electron chi connectivity index (χ2n) is 17.9. The van der Waals surface area contributed by atoms with Crippen molar-refractivity contribution in [2.24, 2.45) is 0 Å². The molecule has 0 amide bonds. The Morgan fingerprint density at radius 2 is 0.677 bits per heavy atom. The van der Waals surface area contributed by atoms with Gasteiger partial charge >= 0.3 is 17.9 Å². The van der Waals surface area contributed by atoms with Crippen LogP contribution in [-0.2, 0) is 28.6 Å². The zero-order valence-corrected chi connectivity index (χ0v) is 42.5. The molecule has 0 aliphatic heterocycles. The van der Waals surface area contributed by atoms with E-state index in [-0.39, 0.29) is 37.5 Å². The summed E-state index contributed by atoms with van der Waals surface area (Å²) in [7, 11) is 0. The molecule has 65 heavy (non-hydrogen) atoms. The number of carbonyl (C=O) groups excluding carboxylic acids is 3. The predicted octanol–water partition coefficient (Wildman–Crippen LogP) is 18.0. The van der Waals surface area contributed by atoms with Crippen molar-refractivity contribution < 1.29 is 28.6 Å². The fourth-order valence-corrected chi connectivity index (χ4v) is 7.50. The fraction of sp³-hybridized carbons (Fsp3) is 0.712. The Bertz CT molecular complexity index is 1270. The van der Waals surface area contributed by atoms with Crippen molar-refractivity contribution in [3.63, 3.8) is 0 Å². The van der Waals surface area contributed by atoms with E-state index in [0.717, 1.165) is 83.5 Å². The Labute approximate surface area is 401 Å². The molecule has 0 bridgehead atoms. The molecule has 6 heteroatoms. The van der Waals surface area contributed by atoms with Gasteiger partial charge in [-0.15, -0.1) is 0 Å². The van der Waals surface area contributed by atoms with Gasteiger partial charge in [0.2, 0.25) is 0 Å². The van der Waals surface area contributed by atoms with Crippen LogP contribution in [0.25, 0.3) is 0 Å². The minimum Gasteiger partial charge on any atom is -0.462 e. The van der Waals surface area contributed by atoms with Gasteiger partial charge in [0.15, 0.2) is 6.10 Å². The second kappa shape index (κ2) is 53.2. The number of carbonyl (C=O) groups is 3. The number of ether oxygens (including phenoxy) is 3. The van der Waals surface area contributed by atoms with Gasteiger partial charge in [-0.25, -0.2) is 0 Å². The number of allylic oxidation sites excluding steroid dienone is 14. The van der Waals surface area contributed by atoms with Crippen molar-refractivity contribution in [3.8, 4) is 0 Å². The zero-order valence-electron chi connectivity index (χ0n) is 42.5. The van der Waals surface area contributed by atoms with Crippen molar-refractivity contribution in [3.05, 3.63) is 85.1 Å². The first-order valence-electron chi connectivity index (χ1n) is 27.2.